The third-order valence-electron chi connectivity index (χ3n) is 11.3. The van der Waals surface area contributed by atoms with Gasteiger partial charge in [-0.2, -0.15) is 0 Å². The van der Waals surface area contributed by atoms with Crippen molar-refractivity contribution in [1.82, 2.24) is 15.1 Å². The highest BCUT2D eigenvalue weighted by Crippen LogP contribution is 2.47. The van der Waals surface area contributed by atoms with Gasteiger partial charge in [0, 0.05) is 73.9 Å². The number of amides is 3. The highest BCUT2D eigenvalue weighted by molar-refractivity contribution is 6.05. The van der Waals surface area contributed by atoms with Crippen molar-refractivity contribution >= 4 is 23.4 Å². The third kappa shape index (κ3) is 7.46. The smallest absolute Gasteiger partial charge is 0.255 e. The second-order valence-corrected chi connectivity index (χ2v) is 14.6. The van der Waals surface area contributed by atoms with E-state index in [2.05, 4.69) is 63.6 Å². The van der Waals surface area contributed by atoms with Crippen LogP contribution in [0.25, 0.3) is 0 Å². The Morgan fingerprint density at radius 2 is 1.64 bits per heavy atom. The Kier molecular flexibility index (Phi) is 10.0. The van der Waals surface area contributed by atoms with E-state index in [1.165, 1.54) is 16.8 Å². The van der Waals surface area contributed by atoms with E-state index in [1.54, 1.807) is 23.1 Å². The molecule has 1 unspecified atom stereocenters. The number of benzene rings is 4. The summed E-state index contributed by atoms with van der Waals surface area (Å²) in [6, 6.07) is 30.0. The van der Waals surface area contributed by atoms with E-state index >= 15 is 0 Å². The number of imide groups is 1. The molecule has 0 aromatic heterocycles. The zero-order valence-electron chi connectivity index (χ0n) is 29.9. The van der Waals surface area contributed by atoms with Crippen molar-refractivity contribution in [3.8, 4) is 17.2 Å². The van der Waals surface area contributed by atoms with E-state index in [1.807, 2.05) is 24.3 Å². The maximum absolute atomic E-state index is 13.0. The van der Waals surface area contributed by atoms with Crippen LogP contribution in [0.4, 0.5) is 5.69 Å². The topological polar surface area (TPSA) is 112 Å². The number of rotatable bonds is 11. The number of phenols is 1. The maximum atomic E-state index is 13.0. The molecule has 3 amide bonds. The van der Waals surface area contributed by atoms with Crippen LogP contribution in [-0.4, -0.2) is 84.6 Å². The van der Waals surface area contributed by atoms with Gasteiger partial charge in [-0.3, -0.25) is 24.6 Å². The largest absolute Gasteiger partial charge is 0.508 e. The number of unbranched alkanes of at least 4 members (excludes halogenated alkanes) is 2. The number of carbonyl (C=O) groups excluding carboxylic acids is 3. The first-order valence-corrected chi connectivity index (χ1v) is 18.9. The Morgan fingerprint density at radius 1 is 0.830 bits per heavy atom. The molecule has 0 aliphatic carbocycles. The van der Waals surface area contributed by atoms with Crippen LogP contribution in [0.5, 0.6) is 17.2 Å². The van der Waals surface area contributed by atoms with Gasteiger partial charge in [0.2, 0.25) is 11.8 Å². The molecule has 4 aliphatic heterocycles. The minimum absolute atomic E-state index is 0.134. The Labute approximate surface area is 310 Å². The van der Waals surface area contributed by atoms with Gasteiger partial charge < -0.3 is 24.4 Å². The third-order valence-corrected chi connectivity index (χ3v) is 11.3. The van der Waals surface area contributed by atoms with Crippen molar-refractivity contribution in [3.05, 3.63) is 119 Å². The molecule has 10 nitrogen and oxygen atoms in total. The summed E-state index contributed by atoms with van der Waals surface area (Å²) in [7, 11) is 0. The van der Waals surface area contributed by atoms with Crippen LogP contribution < -0.4 is 19.7 Å². The fraction of sp³-hybridized carbons (Fsp3) is 0.372. The van der Waals surface area contributed by atoms with Crippen molar-refractivity contribution in [1.29, 1.82) is 0 Å². The number of anilines is 1. The second-order valence-electron chi connectivity index (χ2n) is 14.6. The average Bonchev–Trinajstić information content (AvgIpc) is 3.51. The van der Waals surface area contributed by atoms with Crippen LogP contribution in [0, 0.1) is 0 Å². The summed E-state index contributed by atoms with van der Waals surface area (Å²) >= 11 is 0. The molecule has 4 aromatic carbocycles. The molecular formula is C43H46N4O6. The molecule has 2 N–H and O–H groups in total. The fourth-order valence-corrected chi connectivity index (χ4v) is 8.37. The number of hydrogen-bond donors (Lipinski definition) is 2. The zero-order valence-corrected chi connectivity index (χ0v) is 29.9. The number of piperidine rings is 1. The van der Waals surface area contributed by atoms with Gasteiger partial charge in [-0.15, -0.1) is 0 Å². The summed E-state index contributed by atoms with van der Waals surface area (Å²) in [5, 5.41) is 12.5. The van der Waals surface area contributed by atoms with Gasteiger partial charge in [-0.05, 0) is 85.3 Å². The lowest BCUT2D eigenvalue weighted by Gasteiger charge is -2.37. The molecule has 4 heterocycles. The van der Waals surface area contributed by atoms with Crippen LogP contribution in [0.1, 0.15) is 76.6 Å². The van der Waals surface area contributed by atoms with Crippen molar-refractivity contribution in [2.24, 2.45) is 0 Å². The van der Waals surface area contributed by atoms with E-state index in [4.69, 9.17) is 9.47 Å². The average molecular weight is 715 g/mol. The predicted molar refractivity (Wildman–Crippen MR) is 202 cm³/mol. The molecule has 4 aromatic rings. The van der Waals surface area contributed by atoms with Gasteiger partial charge in [0.1, 0.15) is 23.3 Å². The fourth-order valence-electron chi connectivity index (χ4n) is 8.37. The number of hydrogen-bond acceptors (Lipinski definition) is 8. The van der Waals surface area contributed by atoms with Gasteiger partial charge in [-0.1, -0.05) is 48.5 Å². The first kappa shape index (κ1) is 34.7. The summed E-state index contributed by atoms with van der Waals surface area (Å²) < 4.78 is 12.2. The number of phenolic OH excluding ortho intramolecular Hbond substituents is 1. The van der Waals surface area contributed by atoms with Crippen molar-refractivity contribution in [2.45, 2.75) is 56.5 Å². The minimum Gasteiger partial charge on any atom is -0.508 e. The van der Waals surface area contributed by atoms with Gasteiger partial charge in [0.15, 0.2) is 0 Å². The molecule has 0 spiro atoms. The molecule has 3 atom stereocenters. The molecule has 4 aliphatic rings. The van der Waals surface area contributed by atoms with E-state index < -0.39 is 11.9 Å². The first-order valence-electron chi connectivity index (χ1n) is 18.9. The Balaban J connectivity index is 0.780. The van der Waals surface area contributed by atoms with Gasteiger partial charge >= 0.3 is 0 Å². The lowest BCUT2D eigenvalue weighted by atomic mass is 9.76. The van der Waals surface area contributed by atoms with E-state index in [-0.39, 0.29) is 35.8 Å². The molecule has 8 rings (SSSR count). The molecule has 10 heteroatoms. The normalized spacial score (nSPS) is 21.5. The summed E-state index contributed by atoms with van der Waals surface area (Å²) in [6.45, 7) is 6.67. The van der Waals surface area contributed by atoms with E-state index in [9.17, 15) is 19.5 Å². The SMILES string of the molecule is O=C1CCC(N2Cc3cc(OCCCCCN4CCN(c5ccc([C@H]6c7ccc(O)cc7OC[C@H]6c6ccccc6)cc5)CC4)ccc3C2=O)C(=O)N1. The maximum Gasteiger partial charge on any atom is 0.255 e. The number of ether oxygens (including phenoxy) is 2. The lowest BCUT2D eigenvalue weighted by molar-refractivity contribution is -0.136. The summed E-state index contributed by atoms with van der Waals surface area (Å²) in [5.74, 6) is 1.18. The standard InChI is InChI=1S/C43H46N4O6/c48-33-13-15-36-39(26-33)53-28-37(29-7-3-1-4-8-29)41(36)30-9-11-32(12-10-30)46-22-20-45(21-23-46)19-5-2-6-24-52-34-14-16-35-31(25-34)27-47(43(35)51)38-17-18-40(49)44-42(38)50/h1,3-4,7-16,25-26,37-38,41,48H,2,5-6,17-24,27-28H2,(H,44,49,50)/t37-,38?,41-/m0/s1. The number of nitrogens with one attached hydrogen (secondary N) is 1. The Hall–Kier alpha value is -5.35. The van der Waals surface area contributed by atoms with Crippen molar-refractivity contribution < 1.29 is 29.0 Å². The summed E-state index contributed by atoms with van der Waals surface area (Å²) in [4.78, 5) is 43.4. The number of fused-ring (bicyclic) bond motifs is 2. The van der Waals surface area contributed by atoms with E-state index in [0.29, 0.717) is 31.7 Å². The Morgan fingerprint density at radius 3 is 2.43 bits per heavy atom. The first-order chi connectivity index (χ1) is 25.9. The van der Waals surface area contributed by atoms with E-state index in [0.717, 1.165) is 74.6 Å². The zero-order chi connectivity index (χ0) is 36.3. The number of carbonyl (C=O) groups is 3. The molecule has 53 heavy (non-hydrogen) atoms. The van der Waals surface area contributed by atoms with Gasteiger partial charge in [0.05, 0.1) is 13.2 Å². The number of piperazine rings is 1. The lowest BCUT2D eigenvalue weighted by Crippen LogP contribution is -2.52. The summed E-state index contributed by atoms with van der Waals surface area (Å²) in [5.41, 5.74) is 6.32. The molecule has 274 valence electrons. The Bertz CT molecular complexity index is 1960. The molecule has 2 fully saturated rings. The molecule has 0 saturated carbocycles. The van der Waals surface area contributed by atoms with Gasteiger partial charge in [-0.25, -0.2) is 0 Å². The van der Waals surface area contributed by atoms with Crippen LogP contribution in [0.15, 0.2) is 91.0 Å². The van der Waals surface area contributed by atoms with Crippen LogP contribution in [0.2, 0.25) is 0 Å². The second kappa shape index (κ2) is 15.3. The quantitative estimate of drug-likeness (QED) is 0.148. The molecular weight excluding hydrogens is 668 g/mol. The van der Waals surface area contributed by atoms with Crippen LogP contribution >= 0.6 is 0 Å². The van der Waals surface area contributed by atoms with Crippen LogP contribution in [0.3, 0.4) is 0 Å². The summed E-state index contributed by atoms with van der Waals surface area (Å²) in [6.07, 6.45) is 3.75. The van der Waals surface area contributed by atoms with Crippen molar-refractivity contribution in [3.63, 3.8) is 0 Å². The number of nitrogens with zero attached hydrogens (tertiary/aromatic N) is 3. The monoisotopic (exact) mass is 714 g/mol. The molecule has 0 bridgehead atoms. The molecule has 0 radical (unpaired) electrons. The number of aromatic hydroxyl groups is 1. The highest BCUT2D eigenvalue weighted by Gasteiger charge is 2.39. The van der Waals surface area contributed by atoms with Crippen LogP contribution in [-0.2, 0) is 16.1 Å². The molecule has 2 saturated heterocycles. The van der Waals surface area contributed by atoms with Crippen molar-refractivity contribution in [2.75, 3.05) is 50.8 Å². The predicted octanol–water partition coefficient (Wildman–Crippen LogP) is 5.83. The highest BCUT2D eigenvalue weighted by atomic mass is 16.5. The van der Waals surface area contributed by atoms with Gasteiger partial charge in [0.25, 0.3) is 5.91 Å². The minimum atomic E-state index is -0.611.